The van der Waals surface area contributed by atoms with E-state index < -0.39 is 0 Å². The largest absolute Gasteiger partial charge is 0.491 e. The lowest BCUT2D eigenvalue weighted by Gasteiger charge is -2.27. The van der Waals surface area contributed by atoms with Gasteiger partial charge in [0.1, 0.15) is 12.4 Å². The van der Waals surface area contributed by atoms with Crippen LogP contribution in [0.4, 0.5) is 17.1 Å². The first-order chi connectivity index (χ1) is 22.6. The molecule has 46 heavy (non-hydrogen) atoms. The third-order valence-corrected chi connectivity index (χ3v) is 9.34. The molecule has 3 heterocycles. The number of fused-ring (bicyclic) bond motifs is 1. The molecular formula is C37H50N6O3. The second-order valence-corrected chi connectivity index (χ2v) is 12.8. The Labute approximate surface area is 273 Å². The van der Waals surface area contributed by atoms with Crippen molar-refractivity contribution in [1.82, 2.24) is 19.7 Å². The molecule has 0 spiro atoms. The highest BCUT2D eigenvalue weighted by atomic mass is 16.7. The first-order valence-corrected chi connectivity index (χ1v) is 17.4. The molecule has 1 N–H and O–H groups in total. The topological polar surface area (TPSA) is 86.6 Å². The van der Waals surface area contributed by atoms with Crippen molar-refractivity contribution in [2.24, 2.45) is 13.0 Å². The molecule has 2 aromatic heterocycles. The van der Waals surface area contributed by atoms with Gasteiger partial charge in [-0.15, -0.1) is 0 Å². The number of aromatic nitrogens is 4. The molecule has 1 saturated carbocycles. The Kier molecular flexibility index (Phi) is 11.4. The van der Waals surface area contributed by atoms with Crippen LogP contribution in [-0.4, -0.2) is 59.5 Å². The highest BCUT2D eigenvalue weighted by Crippen LogP contribution is 2.34. The monoisotopic (exact) mass is 626 g/mol. The maximum absolute atomic E-state index is 6.24. The van der Waals surface area contributed by atoms with E-state index in [2.05, 4.69) is 51.7 Å². The molecule has 2 aliphatic rings. The Hall–Kier alpha value is -3.69. The summed E-state index contributed by atoms with van der Waals surface area (Å²) in [6, 6.07) is 12.8. The molecule has 246 valence electrons. The van der Waals surface area contributed by atoms with Crippen LogP contribution in [0.15, 0.2) is 55.0 Å². The molecule has 4 aromatic rings. The average molecular weight is 627 g/mol. The fourth-order valence-corrected chi connectivity index (χ4v) is 6.77. The molecular weight excluding hydrogens is 576 g/mol. The van der Waals surface area contributed by atoms with Gasteiger partial charge in [-0.1, -0.05) is 51.4 Å². The van der Waals surface area contributed by atoms with Crippen molar-refractivity contribution in [3.63, 3.8) is 0 Å². The van der Waals surface area contributed by atoms with E-state index in [1.807, 2.05) is 32.7 Å². The van der Waals surface area contributed by atoms with Crippen molar-refractivity contribution >= 4 is 28.1 Å². The zero-order valence-corrected chi connectivity index (χ0v) is 27.6. The summed E-state index contributed by atoms with van der Waals surface area (Å²) < 4.78 is 19.7. The number of aryl methyl sites for hydroxylation is 1. The highest BCUT2D eigenvalue weighted by molar-refractivity contribution is 5.83. The van der Waals surface area contributed by atoms with Gasteiger partial charge in [-0.05, 0) is 55.9 Å². The van der Waals surface area contributed by atoms with Crippen molar-refractivity contribution in [3.05, 3.63) is 55.0 Å². The van der Waals surface area contributed by atoms with Gasteiger partial charge in [0.15, 0.2) is 6.29 Å². The first-order valence-electron chi connectivity index (χ1n) is 17.4. The molecule has 0 amide bonds. The van der Waals surface area contributed by atoms with E-state index in [0.717, 1.165) is 89.9 Å². The van der Waals surface area contributed by atoms with E-state index in [1.165, 1.54) is 51.4 Å². The standard InChI is InChI=1S/C37H50N6O3/c1-38-30-21-32(23-33(22-30)44-19-20-46-37-14-8-10-18-45-37)43(17-9-4-7-13-28-11-5-3-6-12-28)31-15-16-34-35(24-31)41-36(26-39-34)29-25-40-42(2)27-29/h15-16,21-28,37-38H,3-14,17-20H2,1-2H3. The van der Waals surface area contributed by atoms with Crippen molar-refractivity contribution < 1.29 is 14.2 Å². The number of hydrogen-bond acceptors (Lipinski definition) is 8. The van der Waals surface area contributed by atoms with Crippen molar-refractivity contribution in [2.75, 3.05) is 43.6 Å². The van der Waals surface area contributed by atoms with E-state index in [4.69, 9.17) is 24.2 Å². The summed E-state index contributed by atoms with van der Waals surface area (Å²) in [7, 11) is 3.87. The molecule has 2 fully saturated rings. The summed E-state index contributed by atoms with van der Waals surface area (Å²) in [6.07, 6.45) is 20.8. The minimum absolute atomic E-state index is 0.111. The van der Waals surface area contributed by atoms with Gasteiger partial charge in [-0.2, -0.15) is 5.10 Å². The van der Waals surface area contributed by atoms with Gasteiger partial charge in [0.2, 0.25) is 0 Å². The summed E-state index contributed by atoms with van der Waals surface area (Å²) in [4.78, 5) is 12.1. The Balaban J connectivity index is 1.20. The molecule has 2 aromatic carbocycles. The number of unbranched alkanes of at least 4 members (excludes halogenated alkanes) is 2. The Morgan fingerprint density at radius 1 is 0.913 bits per heavy atom. The second-order valence-electron chi connectivity index (χ2n) is 12.8. The zero-order chi connectivity index (χ0) is 31.6. The number of nitrogens with zero attached hydrogens (tertiary/aromatic N) is 5. The van der Waals surface area contributed by atoms with Gasteiger partial charge in [0, 0.05) is 68.2 Å². The van der Waals surface area contributed by atoms with Crippen LogP contribution in [0.5, 0.6) is 5.75 Å². The van der Waals surface area contributed by atoms with Crippen LogP contribution < -0.4 is 15.0 Å². The molecule has 6 rings (SSSR count). The number of rotatable bonds is 15. The minimum Gasteiger partial charge on any atom is -0.491 e. The lowest BCUT2D eigenvalue weighted by Crippen LogP contribution is -2.24. The van der Waals surface area contributed by atoms with Crippen molar-refractivity contribution in [1.29, 1.82) is 0 Å². The smallest absolute Gasteiger partial charge is 0.157 e. The number of ether oxygens (including phenoxy) is 3. The normalized spacial score (nSPS) is 17.3. The van der Waals surface area contributed by atoms with E-state index in [1.54, 1.807) is 4.68 Å². The maximum atomic E-state index is 6.24. The predicted octanol–water partition coefficient (Wildman–Crippen LogP) is 8.27. The molecule has 1 saturated heterocycles. The average Bonchev–Trinajstić information content (AvgIpc) is 3.54. The fourth-order valence-electron chi connectivity index (χ4n) is 6.77. The van der Waals surface area contributed by atoms with Crippen LogP contribution in [-0.2, 0) is 16.5 Å². The van der Waals surface area contributed by atoms with Crippen LogP contribution in [0.1, 0.15) is 77.0 Å². The molecule has 9 heteroatoms. The van der Waals surface area contributed by atoms with E-state index in [-0.39, 0.29) is 6.29 Å². The van der Waals surface area contributed by atoms with Gasteiger partial charge in [-0.3, -0.25) is 9.67 Å². The van der Waals surface area contributed by atoms with Crippen LogP contribution in [0.3, 0.4) is 0 Å². The minimum atomic E-state index is -0.111. The summed E-state index contributed by atoms with van der Waals surface area (Å²) >= 11 is 0. The summed E-state index contributed by atoms with van der Waals surface area (Å²) in [5.41, 5.74) is 6.70. The summed E-state index contributed by atoms with van der Waals surface area (Å²) in [5, 5.41) is 7.66. The van der Waals surface area contributed by atoms with Gasteiger partial charge in [-0.25, -0.2) is 4.98 Å². The number of anilines is 3. The lowest BCUT2D eigenvalue weighted by molar-refractivity contribution is -0.165. The predicted molar refractivity (Wildman–Crippen MR) is 185 cm³/mol. The third-order valence-electron chi connectivity index (χ3n) is 9.34. The van der Waals surface area contributed by atoms with Crippen LogP contribution in [0.2, 0.25) is 0 Å². The molecule has 1 unspecified atom stereocenters. The molecule has 1 aliphatic carbocycles. The van der Waals surface area contributed by atoms with Crippen LogP contribution in [0.25, 0.3) is 22.3 Å². The molecule has 9 nitrogen and oxygen atoms in total. The number of nitrogens with one attached hydrogen (secondary N) is 1. The van der Waals surface area contributed by atoms with E-state index in [9.17, 15) is 0 Å². The SMILES string of the molecule is CNc1cc(OCCOC2CCCCO2)cc(N(CCCCCC2CCCCC2)c2ccc3ncc(-c4cnn(C)c4)nc3c2)c1. The number of hydrogen-bond donors (Lipinski definition) is 1. The van der Waals surface area contributed by atoms with Crippen LogP contribution >= 0.6 is 0 Å². The van der Waals surface area contributed by atoms with Gasteiger partial charge < -0.3 is 24.4 Å². The lowest BCUT2D eigenvalue weighted by atomic mass is 9.85. The van der Waals surface area contributed by atoms with Gasteiger partial charge in [0.25, 0.3) is 0 Å². The molecule has 1 aliphatic heterocycles. The summed E-state index contributed by atoms with van der Waals surface area (Å²) in [6.45, 7) is 2.65. The Bertz CT molecular complexity index is 1530. The van der Waals surface area contributed by atoms with E-state index in [0.29, 0.717) is 13.2 Å². The number of benzene rings is 2. The van der Waals surface area contributed by atoms with Crippen molar-refractivity contribution in [2.45, 2.75) is 83.3 Å². The van der Waals surface area contributed by atoms with Crippen molar-refractivity contribution in [3.8, 4) is 17.0 Å². The Morgan fingerprint density at radius 3 is 2.61 bits per heavy atom. The molecule has 1 atom stereocenters. The zero-order valence-electron chi connectivity index (χ0n) is 27.6. The highest BCUT2D eigenvalue weighted by Gasteiger charge is 2.17. The fraction of sp³-hybridized carbons (Fsp3) is 0.541. The molecule has 0 bridgehead atoms. The maximum Gasteiger partial charge on any atom is 0.157 e. The van der Waals surface area contributed by atoms with E-state index >= 15 is 0 Å². The Morgan fingerprint density at radius 2 is 1.80 bits per heavy atom. The second kappa shape index (κ2) is 16.2. The van der Waals surface area contributed by atoms with Crippen LogP contribution in [0, 0.1) is 5.92 Å². The first kappa shape index (κ1) is 32.3. The quantitative estimate of drug-likeness (QED) is 0.132. The summed E-state index contributed by atoms with van der Waals surface area (Å²) in [5.74, 6) is 1.75. The van der Waals surface area contributed by atoms with Gasteiger partial charge >= 0.3 is 0 Å². The van der Waals surface area contributed by atoms with Gasteiger partial charge in [0.05, 0.1) is 35.7 Å². The third kappa shape index (κ3) is 8.76. The molecule has 0 radical (unpaired) electrons.